The maximum atomic E-state index is 13.0. The molecule has 0 bridgehead atoms. The lowest BCUT2D eigenvalue weighted by molar-refractivity contribution is -0.0418. The van der Waals surface area contributed by atoms with Crippen molar-refractivity contribution in [3.8, 4) is 0 Å². The van der Waals surface area contributed by atoms with Crippen LogP contribution in [-0.4, -0.2) is 53.3 Å². The number of hydrogen-bond acceptors (Lipinski definition) is 4. The maximum absolute atomic E-state index is 13.0. The Bertz CT molecular complexity index is 804. The lowest BCUT2D eigenvalue weighted by Gasteiger charge is -2.46. The van der Waals surface area contributed by atoms with Gasteiger partial charge in [-0.3, -0.25) is 4.90 Å². The van der Waals surface area contributed by atoms with Crippen molar-refractivity contribution in [2.75, 3.05) is 19.7 Å². The minimum Gasteiger partial charge on any atom is -0.444 e. The third-order valence-electron chi connectivity index (χ3n) is 5.56. The molecule has 1 fully saturated rings. The van der Waals surface area contributed by atoms with Gasteiger partial charge in [0.05, 0.1) is 19.3 Å². The van der Waals surface area contributed by atoms with Gasteiger partial charge < -0.3 is 14.4 Å². The minimum atomic E-state index is -0.518. The summed E-state index contributed by atoms with van der Waals surface area (Å²) in [6.07, 6.45) is 0.725. The fraction of sp³-hybridized carbons (Fsp3) is 0.500. The van der Waals surface area contributed by atoms with Crippen LogP contribution in [0, 0.1) is 0 Å². The number of ether oxygens (including phenoxy) is 2. The Balaban J connectivity index is 1.71. The van der Waals surface area contributed by atoms with Gasteiger partial charge in [-0.05, 0) is 38.3 Å². The van der Waals surface area contributed by atoms with E-state index in [2.05, 4.69) is 48.2 Å². The number of carbonyl (C=O) groups is 1. The summed E-state index contributed by atoms with van der Waals surface area (Å²) in [5.74, 6) is 0. The van der Waals surface area contributed by atoms with Crippen molar-refractivity contribution in [1.29, 1.82) is 0 Å². The van der Waals surface area contributed by atoms with Crippen LogP contribution in [-0.2, 0) is 22.6 Å². The summed E-state index contributed by atoms with van der Waals surface area (Å²) in [5.41, 5.74) is 1.90. The number of hydrogen-bond donors (Lipinski definition) is 0. The van der Waals surface area contributed by atoms with E-state index in [0.29, 0.717) is 19.8 Å². The van der Waals surface area contributed by atoms with E-state index in [1.807, 2.05) is 49.9 Å². The van der Waals surface area contributed by atoms with Crippen molar-refractivity contribution in [2.24, 2.45) is 0 Å². The number of piperazine rings is 1. The van der Waals surface area contributed by atoms with Gasteiger partial charge in [-0.2, -0.15) is 0 Å². The number of nitrogens with zero attached hydrogens (tertiary/aromatic N) is 2. The van der Waals surface area contributed by atoms with Crippen LogP contribution in [0.5, 0.6) is 0 Å². The van der Waals surface area contributed by atoms with E-state index in [9.17, 15) is 4.79 Å². The Labute approximate surface area is 187 Å². The van der Waals surface area contributed by atoms with Gasteiger partial charge in [-0.25, -0.2) is 4.79 Å². The molecular formula is C26H36N2O3. The molecule has 2 atom stereocenters. The van der Waals surface area contributed by atoms with Gasteiger partial charge in [0.2, 0.25) is 0 Å². The highest BCUT2D eigenvalue weighted by molar-refractivity contribution is 5.69. The molecule has 0 aromatic heterocycles. The van der Waals surface area contributed by atoms with Crippen LogP contribution in [0.2, 0.25) is 0 Å². The zero-order valence-electron chi connectivity index (χ0n) is 19.3. The van der Waals surface area contributed by atoms with Crippen LogP contribution >= 0.6 is 0 Å². The first-order chi connectivity index (χ1) is 14.9. The van der Waals surface area contributed by atoms with Crippen LogP contribution in [0.4, 0.5) is 4.79 Å². The van der Waals surface area contributed by atoms with Crippen LogP contribution in [0.15, 0.2) is 60.7 Å². The monoisotopic (exact) mass is 424 g/mol. The van der Waals surface area contributed by atoms with Crippen molar-refractivity contribution in [2.45, 2.75) is 65.0 Å². The predicted octanol–water partition coefficient (Wildman–Crippen LogP) is 5.10. The van der Waals surface area contributed by atoms with Crippen molar-refractivity contribution in [3.05, 3.63) is 71.8 Å². The molecule has 0 radical (unpaired) electrons. The van der Waals surface area contributed by atoms with E-state index in [1.165, 1.54) is 5.56 Å². The Morgan fingerprint density at radius 2 is 1.55 bits per heavy atom. The highest BCUT2D eigenvalue weighted by Gasteiger charge is 2.37. The number of benzene rings is 2. The Kier molecular flexibility index (Phi) is 8.10. The highest BCUT2D eigenvalue weighted by Crippen LogP contribution is 2.23. The van der Waals surface area contributed by atoms with Gasteiger partial charge in [-0.15, -0.1) is 0 Å². The standard InChI is InChI=1S/C26H36N2O3/c1-5-23-18-28(25(29)31-26(2,3)4)24(20-30-19-22-14-10-7-11-15-22)17-27(23)16-21-12-8-6-9-13-21/h6-15,23-24H,5,16-20H2,1-4H3/t23-,24?/m1/s1. The summed E-state index contributed by atoms with van der Waals surface area (Å²) < 4.78 is 11.8. The van der Waals surface area contributed by atoms with Gasteiger partial charge >= 0.3 is 6.09 Å². The van der Waals surface area contributed by atoms with Crippen molar-refractivity contribution in [3.63, 3.8) is 0 Å². The van der Waals surface area contributed by atoms with Gasteiger partial charge in [0.25, 0.3) is 0 Å². The molecule has 1 heterocycles. The Hall–Kier alpha value is -2.37. The first-order valence-corrected chi connectivity index (χ1v) is 11.2. The molecule has 5 nitrogen and oxygen atoms in total. The molecule has 168 valence electrons. The lowest BCUT2D eigenvalue weighted by Crippen LogP contribution is -2.61. The van der Waals surface area contributed by atoms with Gasteiger partial charge in [0.1, 0.15) is 5.60 Å². The molecular weight excluding hydrogens is 388 g/mol. The zero-order chi connectivity index (χ0) is 22.3. The summed E-state index contributed by atoms with van der Waals surface area (Å²) >= 11 is 0. The number of carbonyl (C=O) groups excluding carboxylic acids is 1. The summed E-state index contributed by atoms with van der Waals surface area (Å²) in [6.45, 7) is 11.2. The summed E-state index contributed by atoms with van der Waals surface area (Å²) in [6, 6.07) is 20.9. The van der Waals surface area contributed by atoms with E-state index in [0.717, 1.165) is 25.1 Å². The third kappa shape index (κ3) is 7.08. The summed E-state index contributed by atoms with van der Waals surface area (Å²) in [5, 5.41) is 0. The second-order valence-corrected chi connectivity index (χ2v) is 9.26. The van der Waals surface area contributed by atoms with Crippen molar-refractivity contribution >= 4 is 6.09 Å². The molecule has 5 heteroatoms. The van der Waals surface area contributed by atoms with E-state index in [1.54, 1.807) is 0 Å². The second kappa shape index (κ2) is 10.8. The lowest BCUT2D eigenvalue weighted by atomic mass is 10.0. The van der Waals surface area contributed by atoms with Crippen LogP contribution in [0.3, 0.4) is 0 Å². The zero-order valence-corrected chi connectivity index (χ0v) is 19.3. The molecule has 1 saturated heterocycles. The van der Waals surface area contributed by atoms with E-state index >= 15 is 0 Å². The van der Waals surface area contributed by atoms with Gasteiger partial charge in [0.15, 0.2) is 0 Å². The maximum Gasteiger partial charge on any atom is 0.410 e. The third-order valence-corrected chi connectivity index (χ3v) is 5.56. The van der Waals surface area contributed by atoms with Crippen LogP contribution in [0.25, 0.3) is 0 Å². The predicted molar refractivity (Wildman–Crippen MR) is 124 cm³/mol. The molecule has 1 aliphatic heterocycles. The smallest absolute Gasteiger partial charge is 0.410 e. The largest absolute Gasteiger partial charge is 0.444 e. The Morgan fingerprint density at radius 3 is 2.13 bits per heavy atom. The molecule has 0 spiro atoms. The topological polar surface area (TPSA) is 42.0 Å². The molecule has 0 aliphatic carbocycles. The fourth-order valence-electron chi connectivity index (χ4n) is 3.98. The van der Waals surface area contributed by atoms with E-state index in [4.69, 9.17) is 9.47 Å². The summed E-state index contributed by atoms with van der Waals surface area (Å²) in [7, 11) is 0. The second-order valence-electron chi connectivity index (χ2n) is 9.26. The fourth-order valence-corrected chi connectivity index (χ4v) is 3.98. The van der Waals surface area contributed by atoms with Gasteiger partial charge in [0, 0.05) is 25.7 Å². The molecule has 2 aromatic carbocycles. The molecule has 1 amide bonds. The van der Waals surface area contributed by atoms with Gasteiger partial charge in [-0.1, -0.05) is 67.6 Å². The van der Waals surface area contributed by atoms with E-state index < -0.39 is 5.60 Å². The number of rotatable bonds is 7. The van der Waals surface area contributed by atoms with Crippen LogP contribution in [0.1, 0.15) is 45.2 Å². The molecule has 1 aliphatic rings. The van der Waals surface area contributed by atoms with E-state index in [-0.39, 0.29) is 18.2 Å². The first-order valence-electron chi connectivity index (χ1n) is 11.2. The average molecular weight is 425 g/mol. The summed E-state index contributed by atoms with van der Waals surface area (Å²) in [4.78, 5) is 17.4. The van der Waals surface area contributed by atoms with Crippen molar-refractivity contribution in [1.82, 2.24) is 9.80 Å². The highest BCUT2D eigenvalue weighted by atomic mass is 16.6. The van der Waals surface area contributed by atoms with Crippen LogP contribution < -0.4 is 0 Å². The van der Waals surface area contributed by atoms with Crippen molar-refractivity contribution < 1.29 is 14.3 Å². The molecule has 1 unspecified atom stereocenters. The number of amides is 1. The SMILES string of the molecule is CC[C@@H]1CN(C(=O)OC(C)(C)C)C(COCc2ccccc2)CN1Cc1ccccc1. The quantitative estimate of drug-likeness (QED) is 0.620. The minimum absolute atomic E-state index is 0.0509. The average Bonchev–Trinajstić information content (AvgIpc) is 2.74. The molecule has 0 saturated carbocycles. The Morgan fingerprint density at radius 1 is 0.935 bits per heavy atom. The normalized spacial score (nSPS) is 19.9. The molecule has 3 rings (SSSR count). The molecule has 0 N–H and O–H groups in total. The molecule has 31 heavy (non-hydrogen) atoms. The molecule has 2 aromatic rings. The first kappa shape index (κ1) is 23.3.